The molecule has 0 amide bonds. The number of carbonyl (C=O) groups excluding carboxylic acids is 1. The maximum absolute atomic E-state index is 12.4. The molecule has 1 aromatic heterocycles. The second-order valence-corrected chi connectivity index (χ2v) is 4.82. The van der Waals surface area contributed by atoms with Crippen molar-refractivity contribution in [3.05, 3.63) is 47.3 Å². The molecule has 2 aromatic rings. The summed E-state index contributed by atoms with van der Waals surface area (Å²) >= 11 is 0. The molecule has 0 bridgehead atoms. The van der Waals surface area contributed by atoms with Gasteiger partial charge in [0.1, 0.15) is 5.69 Å². The molecule has 0 N–H and O–H groups in total. The Bertz CT molecular complexity index is 588. The normalized spacial score (nSPS) is 18.4. The Morgan fingerprint density at radius 3 is 2.83 bits per heavy atom. The van der Waals surface area contributed by atoms with Crippen molar-refractivity contribution in [2.45, 2.75) is 19.3 Å². The lowest BCUT2D eigenvalue weighted by Crippen LogP contribution is -2.24. The van der Waals surface area contributed by atoms with Crippen LogP contribution in [0.4, 0.5) is 0 Å². The Balaban J connectivity index is 1.84. The van der Waals surface area contributed by atoms with E-state index in [1.807, 2.05) is 6.07 Å². The first-order chi connectivity index (χ1) is 8.75. The molecule has 0 saturated heterocycles. The molecular formula is C14H15N3O. The third-order valence-corrected chi connectivity index (χ3v) is 3.68. The number of ketones is 1. The number of aromatic nitrogens is 3. The molecule has 4 nitrogen and oxygen atoms in total. The average molecular weight is 241 g/mol. The van der Waals surface area contributed by atoms with Crippen LogP contribution in [-0.4, -0.2) is 20.8 Å². The highest BCUT2D eigenvalue weighted by Gasteiger charge is 2.27. The summed E-state index contributed by atoms with van der Waals surface area (Å²) in [6.07, 6.45) is 4.29. The van der Waals surface area contributed by atoms with E-state index in [-0.39, 0.29) is 11.7 Å². The van der Waals surface area contributed by atoms with E-state index >= 15 is 0 Å². The fraction of sp³-hybridized carbons (Fsp3) is 0.357. The molecule has 0 saturated carbocycles. The zero-order valence-electron chi connectivity index (χ0n) is 10.3. The van der Waals surface area contributed by atoms with Gasteiger partial charge in [0.2, 0.25) is 0 Å². The maximum atomic E-state index is 12.4. The molecule has 0 fully saturated rings. The van der Waals surface area contributed by atoms with Crippen LogP contribution in [-0.2, 0) is 19.9 Å². The first kappa shape index (κ1) is 11.1. The summed E-state index contributed by atoms with van der Waals surface area (Å²) in [4.78, 5) is 12.4. The monoisotopic (exact) mass is 241 g/mol. The maximum Gasteiger partial charge on any atom is 0.185 e. The Morgan fingerprint density at radius 1 is 1.33 bits per heavy atom. The predicted molar refractivity (Wildman–Crippen MR) is 67.3 cm³/mol. The number of hydrogen-bond donors (Lipinski definition) is 0. The third-order valence-electron chi connectivity index (χ3n) is 3.68. The minimum absolute atomic E-state index is 0.0668. The van der Waals surface area contributed by atoms with Gasteiger partial charge >= 0.3 is 0 Å². The molecule has 3 rings (SSSR count). The highest BCUT2D eigenvalue weighted by Crippen LogP contribution is 2.27. The number of aryl methyl sites for hydroxylation is 2. The zero-order chi connectivity index (χ0) is 12.5. The quantitative estimate of drug-likeness (QED) is 0.753. The largest absolute Gasteiger partial charge is 0.292 e. The van der Waals surface area contributed by atoms with Crippen molar-refractivity contribution in [3.8, 4) is 0 Å². The lowest BCUT2D eigenvalue weighted by molar-refractivity contribution is 0.0899. The van der Waals surface area contributed by atoms with E-state index in [2.05, 4.69) is 28.5 Å². The Kier molecular flexibility index (Phi) is 2.70. The molecule has 1 heterocycles. The van der Waals surface area contributed by atoms with E-state index < -0.39 is 0 Å². The molecule has 0 aliphatic heterocycles. The summed E-state index contributed by atoms with van der Waals surface area (Å²) in [5.41, 5.74) is 3.29. The van der Waals surface area contributed by atoms with Gasteiger partial charge in [-0.2, -0.15) is 0 Å². The lowest BCUT2D eigenvalue weighted by Gasteiger charge is -2.23. The van der Waals surface area contributed by atoms with Crippen LogP contribution in [0.25, 0.3) is 0 Å². The van der Waals surface area contributed by atoms with E-state index in [1.165, 1.54) is 11.1 Å². The number of nitrogens with zero attached hydrogens (tertiary/aromatic N) is 3. The van der Waals surface area contributed by atoms with Gasteiger partial charge in [-0.05, 0) is 30.4 Å². The molecular weight excluding hydrogens is 226 g/mol. The van der Waals surface area contributed by atoms with Crippen molar-refractivity contribution >= 4 is 5.78 Å². The second kappa shape index (κ2) is 4.37. The first-order valence-electron chi connectivity index (χ1n) is 6.21. The van der Waals surface area contributed by atoms with Crippen molar-refractivity contribution < 1.29 is 4.79 Å². The number of fused-ring (bicyclic) bond motifs is 1. The van der Waals surface area contributed by atoms with Crippen molar-refractivity contribution in [1.82, 2.24) is 15.0 Å². The molecule has 18 heavy (non-hydrogen) atoms. The minimum atomic E-state index is 0.0668. The van der Waals surface area contributed by atoms with E-state index in [9.17, 15) is 4.79 Å². The fourth-order valence-corrected chi connectivity index (χ4v) is 2.64. The summed E-state index contributed by atoms with van der Waals surface area (Å²) < 4.78 is 1.56. The number of carbonyl (C=O) groups is 1. The van der Waals surface area contributed by atoms with Crippen LogP contribution in [0.1, 0.15) is 28.0 Å². The van der Waals surface area contributed by atoms with Gasteiger partial charge in [0, 0.05) is 13.0 Å². The van der Waals surface area contributed by atoms with E-state index in [1.54, 1.807) is 17.9 Å². The molecule has 92 valence electrons. The first-order valence-corrected chi connectivity index (χ1v) is 6.21. The van der Waals surface area contributed by atoms with Crippen molar-refractivity contribution in [2.75, 3.05) is 0 Å². The molecule has 1 unspecified atom stereocenters. The van der Waals surface area contributed by atoms with E-state index in [0.717, 1.165) is 19.3 Å². The molecule has 1 aromatic carbocycles. The minimum Gasteiger partial charge on any atom is -0.292 e. The summed E-state index contributed by atoms with van der Waals surface area (Å²) in [5, 5.41) is 7.60. The highest BCUT2D eigenvalue weighted by molar-refractivity contribution is 5.96. The summed E-state index contributed by atoms with van der Waals surface area (Å²) in [5.74, 6) is 0.231. The summed E-state index contributed by atoms with van der Waals surface area (Å²) in [6.45, 7) is 0. The van der Waals surface area contributed by atoms with Crippen LogP contribution < -0.4 is 0 Å². The van der Waals surface area contributed by atoms with Crippen LogP contribution in [0.2, 0.25) is 0 Å². The Morgan fingerprint density at radius 2 is 2.11 bits per heavy atom. The van der Waals surface area contributed by atoms with Gasteiger partial charge in [-0.1, -0.05) is 29.5 Å². The van der Waals surface area contributed by atoms with Crippen LogP contribution in [0.15, 0.2) is 30.5 Å². The average Bonchev–Trinajstić information content (AvgIpc) is 2.83. The summed E-state index contributed by atoms with van der Waals surface area (Å²) in [7, 11) is 1.76. The number of rotatable bonds is 2. The summed E-state index contributed by atoms with van der Waals surface area (Å²) in [6, 6.07) is 8.38. The predicted octanol–water partition coefficient (Wildman–Crippen LogP) is 1.80. The molecule has 0 spiro atoms. The van der Waals surface area contributed by atoms with E-state index in [4.69, 9.17) is 0 Å². The van der Waals surface area contributed by atoms with Crippen LogP contribution in [0.3, 0.4) is 0 Å². The van der Waals surface area contributed by atoms with Crippen LogP contribution >= 0.6 is 0 Å². The number of hydrogen-bond acceptors (Lipinski definition) is 3. The van der Waals surface area contributed by atoms with E-state index in [0.29, 0.717) is 5.69 Å². The standard InChI is InChI=1S/C14H15N3O/c1-17-13(9-15-16-17)14(18)12-7-6-10-4-2-3-5-11(10)8-12/h2-5,9,12H,6-8H2,1H3. The van der Waals surface area contributed by atoms with Crippen LogP contribution in [0.5, 0.6) is 0 Å². The Labute approximate surface area is 106 Å². The van der Waals surface area contributed by atoms with Gasteiger partial charge in [0.05, 0.1) is 6.20 Å². The van der Waals surface area contributed by atoms with Gasteiger partial charge in [-0.3, -0.25) is 4.79 Å². The fourth-order valence-electron chi connectivity index (χ4n) is 2.64. The smallest absolute Gasteiger partial charge is 0.185 e. The SMILES string of the molecule is Cn1nncc1C(=O)C1CCc2ccccc2C1. The molecule has 1 aliphatic rings. The highest BCUT2D eigenvalue weighted by atomic mass is 16.1. The van der Waals surface area contributed by atoms with Gasteiger partial charge in [-0.25, -0.2) is 4.68 Å². The lowest BCUT2D eigenvalue weighted by atomic mass is 9.81. The topological polar surface area (TPSA) is 47.8 Å². The number of benzene rings is 1. The van der Waals surface area contributed by atoms with Crippen LogP contribution in [0, 0.1) is 5.92 Å². The number of Topliss-reactive ketones (excluding diaryl/α,β-unsaturated/α-hetero) is 1. The molecule has 1 aliphatic carbocycles. The second-order valence-electron chi connectivity index (χ2n) is 4.82. The van der Waals surface area contributed by atoms with Gasteiger partial charge in [0.15, 0.2) is 5.78 Å². The van der Waals surface area contributed by atoms with Gasteiger partial charge < -0.3 is 0 Å². The van der Waals surface area contributed by atoms with Crippen molar-refractivity contribution in [1.29, 1.82) is 0 Å². The zero-order valence-corrected chi connectivity index (χ0v) is 10.3. The van der Waals surface area contributed by atoms with Gasteiger partial charge in [0.25, 0.3) is 0 Å². The molecule has 1 atom stereocenters. The Hall–Kier alpha value is -1.97. The van der Waals surface area contributed by atoms with Crippen molar-refractivity contribution in [2.24, 2.45) is 13.0 Å². The van der Waals surface area contributed by atoms with Crippen molar-refractivity contribution in [3.63, 3.8) is 0 Å². The van der Waals surface area contributed by atoms with Gasteiger partial charge in [-0.15, -0.1) is 5.10 Å². The molecule has 4 heteroatoms. The third kappa shape index (κ3) is 1.83. The molecule has 0 radical (unpaired) electrons.